The Morgan fingerprint density at radius 1 is 1.50 bits per heavy atom. The van der Waals surface area contributed by atoms with Crippen LogP contribution in [0.2, 0.25) is 5.15 Å². The van der Waals surface area contributed by atoms with Gasteiger partial charge in [-0.3, -0.25) is 9.48 Å². The second-order valence-electron chi connectivity index (χ2n) is 5.51. The molecule has 3 heterocycles. The Balaban J connectivity index is 1.80. The van der Waals surface area contributed by atoms with Crippen molar-refractivity contribution >= 4 is 17.5 Å². The predicted molar refractivity (Wildman–Crippen MR) is 79.9 cm³/mol. The summed E-state index contributed by atoms with van der Waals surface area (Å²) in [5.74, 6) is 1.23. The van der Waals surface area contributed by atoms with Gasteiger partial charge in [-0.15, -0.1) is 0 Å². The van der Waals surface area contributed by atoms with E-state index in [1.807, 2.05) is 6.92 Å². The summed E-state index contributed by atoms with van der Waals surface area (Å²) in [7, 11) is 1.74. The summed E-state index contributed by atoms with van der Waals surface area (Å²) in [6.45, 7) is 4.96. The number of halogens is 1. The van der Waals surface area contributed by atoms with Crippen LogP contribution in [0.3, 0.4) is 0 Å². The van der Waals surface area contributed by atoms with E-state index in [1.165, 1.54) is 0 Å². The molecule has 2 aromatic rings. The Morgan fingerprint density at radius 3 is 2.91 bits per heavy atom. The summed E-state index contributed by atoms with van der Waals surface area (Å²) in [6, 6.07) is 0. The SMILES string of the molecule is CCc1nn(C)c(Cl)c1C(=O)N1CC[C@H](c2nc(C)no2)C1. The Bertz CT molecular complexity index is 708. The van der Waals surface area contributed by atoms with Crippen molar-refractivity contribution in [1.82, 2.24) is 24.8 Å². The molecule has 0 saturated carbocycles. The molecule has 0 spiro atoms. The molecule has 0 bridgehead atoms. The van der Waals surface area contributed by atoms with Crippen molar-refractivity contribution in [3.63, 3.8) is 0 Å². The molecule has 118 valence electrons. The largest absolute Gasteiger partial charge is 0.339 e. The maximum Gasteiger partial charge on any atom is 0.258 e. The molecule has 2 aromatic heterocycles. The molecule has 0 aliphatic carbocycles. The summed E-state index contributed by atoms with van der Waals surface area (Å²) < 4.78 is 6.76. The molecule has 1 saturated heterocycles. The van der Waals surface area contributed by atoms with Crippen LogP contribution in [-0.2, 0) is 13.5 Å². The minimum atomic E-state index is -0.0753. The Kier molecular flexibility index (Phi) is 3.90. The van der Waals surface area contributed by atoms with Crippen molar-refractivity contribution in [1.29, 1.82) is 0 Å². The van der Waals surface area contributed by atoms with Gasteiger partial charge in [0.05, 0.1) is 17.2 Å². The van der Waals surface area contributed by atoms with Crippen LogP contribution in [0.25, 0.3) is 0 Å². The molecule has 0 aromatic carbocycles. The van der Waals surface area contributed by atoms with Gasteiger partial charge in [-0.05, 0) is 19.8 Å². The topological polar surface area (TPSA) is 77.1 Å². The standard InChI is InChI=1S/C14H18ClN5O2/c1-4-10-11(12(15)19(3)17-10)14(21)20-6-5-9(7-20)13-16-8(2)18-22-13/h9H,4-7H2,1-3H3/t9-/m0/s1. The Hall–Kier alpha value is -1.89. The molecule has 7 nitrogen and oxygen atoms in total. The molecule has 3 rings (SSSR count). The summed E-state index contributed by atoms with van der Waals surface area (Å²) in [4.78, 5) is 18.8. The maximum atomic E-state index is 12.8. The van der Waals surface area contributed by atoms with Crippen molar-refractivity contribution in [2.75, 3.05) is 13.1 Å². The van der Waals surface area contributed by atoms with E-state index in [9.17, 15) is 4.79 Å². The number of aromatic nitrogens is 4. The molecule has 8 heteroatoms. The lowest BCUT2D eigenvalue weighted by atomic mass is 10.1. The number of carbonyl (C=O) groups excluding carboxylic acids is 1. The molecule has 1 aliphatic heterocycles. The summed E-state index contributed by atoms with van der Waals surface area (Å²) in [5.41, 5.74) is 1.24. The lowest BCUT2D eigenvalue weighted by Gasteiger charge is -2.15. The minimum absolute atomic E-state index is 0.0753. The second kappa shape index (κ2) is 5.72. The smallest absolute Gasteiger partial charge is 0.258 e. The fourth-order valence-electron chi connectivity index (χ4n) is 2.80. The quantitative estimate of drug-likeness (QED) is 0.863. The summed E-state index contributed by atoms with van der Waals surface area (Å²) in [5, 5.41) is 8.50. The number of carbonyl (C=O) groups is 1. The molecule has 1 aliphatic rings. The van der Waals surface area contributed by atoms with E-state index in [2.05, 4.69) is 15.2 Å². The molecule has 0 radical (unpaired) electrons. The third-order valence-electron chi connectivity index (χ3n) is 3.97. The van der Waals surface area contributed by atoms with Gasteiger partial charge in [0.25, 0.3) is 5.91 Å². The van der Waals surface area contributed by atoms with Crippen LogP contribution in [-0.4, -0.2) is 43.8 Å². The Morgan fingerprint density at radius 2 is 2.27 bits per heavy atom. The maximum absolute atomic E-state index is 12.8. The van der Waals surface area contributed by atoms with E-state index in [4.69, 9.17) is 16.1 Å². The van der Waals surface area contributed by atoms with Crippen molar-refractivity contribution in [3.8, 4) is 0 Å². The third kappa shape index (κ3) is 2.49. The van der Waals surface area contributed by atoms with E-state index < -0.39 is 0 Å². The van der Waals surface area contributed by atoms with Gasteiger partial charge in [-0.1, -0.05) is 23.7 Å². The van der Waals surface area contributed by atoms with Gasteiger partial charge in [0.2, 0.25) is 5.89 Å². The number of hydrogen-bond acceptors (Lipinski definition) is 5. The normalized spacial score (nSPS) is 18.2. The van der Waals surface area contributed by atoms with Crippen LogP contribution < -0.4 is 0 Å². The highest BCUT2D eigenvalue weighted by atomic mass is 35.5. The number of rotatable bonds is 3. The lowest BCUT2D eigenvalue weighted by molar-refractivity contribution is 0.0788. The molecule has 1 fully saturated rings. The number of hydrogen-bond donors (Lipinski definition) is 0. The third-order valence-corrected chi connectivity index (χ3v) is 4.40. The first-order valence-corrected chi connectivity index (χ1v) is 7.69. The van der Waals surface area contributed by atoms with Gasteiger partial charge >= 0.3 is 0 Å². The highest BCUT2D eigenvalue weighted by molar-refractivity contribution is 6.33. The number of aryl methyl sites for hydroxylation is 3. The zero-order valence-corrected chi connectivity index (χ0v) is 13.6. The zero-order chi connectivity index (χ0) is 15.9. The van der Waals surface area contributed by atoms with Crippen LogP contribution in [0, 0.1) is 6.92 Å². The van der Waals surface area contributed by atoms with Crippen LogP contribution in [0.4, 0.5) is 0 Å². The molecular formula is C14H18ClN5O2. The molecular weight excluding hydrogens is 306 g/mol. The predicted octanol–water partition coefficient (Wildman–Crippen LogP) is 1.96. The molecule has 0 unspecified atom stereocenters. The average Bonchev–Trinajstić information content (AvgIpc) is 3.19. The number of amides is 1. The highest BCUT2D eigenvalue weighted by Crippen LogP contribution is 2.29. The number of likely N-dealkylation sites (tertiary alicyclic amines) is 1. The van der Waals surface area contributed by atoms with E-state index in [1.54, 1.807) is 23.6 Å². The van der Waals surface area contributed by atoms with Crippen molar-refractivity contribution in [3.05, 3.63) is 28.1 Å². The first kappa shape index (κ1) is 15.0. The van der Waals surface area contributed by atoms with Gasteiger partial charge in [0.15, 0.2) is 5.82 Å². The Labute approximate surface area is 133 Å². The monoisotopic (exact) mass is 323 g/mol. The highest BCUT2D eigenvalue weighted by Gasteiger charge is 2.34. The van der Waals surface area contributed by atoms with Gasteiger partial charge in [0.1, 0.15) is 5.15 Å². The fourth-order valence-corrected chi connectivity index (χ4v) is 3.03. The second-order valence-corrected chi connectivity index (χ2v) is 5.86. The molecule has 1 atom stereocenters. The van der Waals surface area contributed by atoms with Crippen molar-refractivity contribution in [2.24, 2.45) is 7.05 Å². The van der Waals surface area contributed by atoms with E-state index in [-0.39, 0.29) is 11.8 Å². The summed E-state index contributed by atoms with van der Waals surface area (Å²) >= 11 is 6.23. The minimum Gasteiger partial charge on any atom is -0.339 e. The first-order chi connectivity index (χ1) is 10.5. The van der Waals surface area contributed by atoms with Crippen LogP contribution in [0.15, 0.2) is 4.52 Å². The molecule has 1 amide bonds. The van der Waals surface area contributed by atoms with E-state index in [0.29, 0.717) is 41.9 Å². The van der Waals surface area contributed by atoms with Crippen LogP contribution >= 0.6 is 11.6 Å². The number of nitrogens with zero attached hydrogens (tertiary/aromatic N) is 5. The fraction of sp³-hybridized carbons (Fsp3) is 0.571. The van der Waals surface area contributed by atoms with Crippen molar-refractivity contribution < 1.29 is 9.32 Å². The van der Waals surface area contributed by atoms with Gasteiger partial charge in [0, 0.05) is 20.1 Å². The first-order valence-electron chi connectivity index (χ1n) is 7.32. The van der Waals surface area contributed by atoms with Gasteiger partial charge in [-0.25, -0.2) is 0 Å². The average molecular weight is 324 g/mol. The van der Waals surface area contributed by atoms with Crippen LogP contribution in [0.1, 0.15) is 47.0 Å². The summed E-state index contributed by atoms with van der Waals surface area (Å²) in [6.07, 6.45) is 1.48. The van der Waals surface area contributed by atoms with E-state index in [0.717, 1.165) is 12.1 Å². The van der Waals surface area contributed by atoms with Crippen molar-refractivity contribution in [2.45, 2.75) is 32.6 Å². The zero-order valence-electron chi connectivity index (χ0n) is 12.8. The molecule has 22 heavy (non-hydrogen) atoms. The van der Waals surface area contributed by atoms with Crippen LogP contribution in [0.5, 0.6) is 0 Å². The van der Waals surface area contributed by atoms with Gasteiger partial charge < -0.3 is 9.42 Å². The molecule has 0 N–H and O–H groups in total. The van der Waals surface area contributed by atoms with Gasteiger partial charge in [-0.2, -0.15) is 10.1 Å². The lowest BCUT2D eigenvalue weighted by Crippen LogP contribution is -2.29. The van der Waals surface area contributed by atoms with E-state index >= 15 is 0 Å².